The van der Waals surface area contributed by atoms with Crippen LogP contribution in [0.15, 0.2) is 42.5 Å². The largest absolute Gasteiger partial charge is 0.468 e. The Morgan fingerprint density at radius 2 is 1.76 bits per heavy atom. The summed E-state index contributed by atoms with van der Waals surface area (Å²) in [6, 6.07) is 8.95. The third-order valence-corrected chi connectivity index (χ3v) is 4.89. The number of carbonyl (C=O) groups is 3. The molecule has 0 unspecified atom stereocenters. The lowest BCUT2D eigenvalue weighted by molar-refractivity contribution is -0.143. The molecule has 0 bridgehead atoms. The normalized spacial score (nSPS) is 12.1. The molecule has 0 aromatic heterocycles. The molecule has 2 aromatic rings. The Balaban J connectivity index is 1.88. The molecule has 0 saturated heterocycles. The van der Waals surface area contributed by atoms with Gasteiger partial charge in [0, 0.05) is 18.7 Å². The Morgan fingerprint density at radius 1 is 1.03 bits per heavy atom. The zero-order chi connectivity index (χ0) is 24.6. The van der Waals surface area contributed by atoms with Crippen molar-refractivity contribution in [2.24, 2.45) is 0 Å². The Bertz CT molecular complexity index is 1010. The molecule has 0 aliphatic heterocycles. The van der Waals surface area contributed by atoms with Crippen LogP contribution < -0.4 is 16.0 Å². The smallest absolute Gasteiger partial charge is 0.416 e. The van der Waals surface area contributed by atoms with Gasteiger partial charge in [-0.1, -0.05) is 29.8 Å². The number of hydrogen-bond donors (Lipinski definition) is 3. The van der Waals surface area contributed by atoms with Gasteiger partial charge in [0.2, 0.25) is 5.91 Å². The van der Waals surface area contributed by atoms with E-state index in [-0.39, 0.29) is 12.1 Å². The van der Waals surface area contributed by atoms with Crippen molar-refractivity contribution in [3.05, 3.63) is 70.3 Å². The first kappa shape index (κ1) is 25.9. The minimum atomic E-state index is -4.58. The van der Waals surface area contributed by atoms with Gasteiger partial charge in [-0.3, -0.25) is 19.7 Å². The van der Waals surface area contributed by atoms with Gasteiger partial charge < -0.3 is 15.4 Å². The number of alkyl halides is 3. The lowest BCUT2D eigenvalue weighted by Gasteiger charge is -2.18. The molecule has 2 aromatic carbocycles. The average Bonchev–Trinajstić information content (AvgIpc) is 2.77. The highest BCUT2D eigenvalue weighted by molar-refractivity contribution is 5.96. The van der Waals surface area contributed by atoms with E-state index in [0.717, 1.165) is 28.8 Å². The standard InChI is InChI=1S/C23H26F3N3O4/c1-14-7-8-17(15(2)9-14)11-27-19(22(32)33-3)12-28-20(30)13-29-21(31)16-5-4-6-18(10-16)23(24,25)26/h4-10,19,27H,11-13H2,1-3H3,(H,28,30)(H,29,31)/t19-/m1/s1. The number of carbonyl (C=O) groups excluding carboxylic acids is 3. The van der Waals surface area contributed by atoms with Crippen LogP contribution in [0.3, 0.4) is 0 Å². The molecule has 1 atom stereocenters. The van der Waals surface area contributed by atoms with Gasteiger partial charge in [-0.15, -0.1) is 0 Å². The second-order valence-electron chi connectivity index (χ2n) is 7.45. The van der Waals surface area contributed by atoms with Crippen molar-refractivity contribution in [3.63, 3.8) is 0 Å². The number of amides is 2. The number of hydrogen-bond acceptors (Lipinski definition) is 5. The predicted octanol–water partition coefficient (Wildman–Crippen LogP) is 2.50. The fourth-order valence-corrected chi connectivity index (χ4v) is 3.04. The van der Waals surface area contributed by atoms with E-state index >= 15 is 0 Å². The zero-order valence-corrected chi connectivity index (χ0v) is 18.5. The van der Waals surface area contributed by atoms with E-state index < -0.39 is 42.1 Å². The summed E-state index contributed by atoms with van der Waals surface area (Å²) >= 11 is 0. The second kappa shape index (κ2) is 11.5. The molecule has 0 fully saturated rings. The molecule has 0 radical (unpaired) electrons. The van der Waals surface area contributed by atoms with Crippen molar-refractivity contribution in [3.8, 4) is 0 Å². The van der Waals surface area contributed by atoms with E-state index in [4.69, 9.17) is 4.74 Å². The van der Waals surface area contributed by atoms with Crippen molar-refractivity contribution in [2.45, 2.75) is 32.6 Å². The third kappa shape index (κ3) is 7.90. The number of aryl methyl sites for hydroxylation is 2. The van der Waals surface area contributed by atoms with E-state index in [1.54, 1.807) is 0 Å². The molecule has 7 nitrogen and oxygen atoms in total. The van der Waals surface area contributed by atoms with E-state index in [9.17, 15) is 27.6 Å². The molecule has 2 amide bonds. The Morgan fingerprint density at radius 3 is 2.39 bits per heavy atom. The zero-order valence-electron chi connectivity index (χ0n) is 18.5. The summed E-state index contributed by atoms with van der Waals surface area (Å²) < 4.78 is 43.1. The van der Waals surface area contributed by atoms with Gasteiger partial charge in [0.1, 0.15) is 6.04 Å². The molecule has 178 valence electrons. The number of ether oxygens (including phenoxy) is 1. The minimum absolute atomic E-state index is 0.101. The lowest BCUT2D eigenvalue weighted by atomic mass is 10.1. The Hall–Kier alpha value is -3.40. The summed E-state index contributed by atoms with van der Waals surface area (Å²) in [6.07, 6.45) is -4.58. The van der Waals surface area contributed by atoms with Crippen LogP contribution in [0.5, 0.6) is 0 Å². The van der Waals surface area contributed by atoms with Gasteiger partial charge in [-0.05, 0) is 43.2 Å². The highest BCUT2D eigenvalue weighted by Gasteiger charge is 2.31. The van der Waals surface area contributed by atoms with E-state index in [2.05, 4.69) is 16.0 Å². The molecule has 33 heavy (non-hydrogen) atoms. The summed E-state index contributed by atoms with van der Waals surface area (Å²) in [4.78, 5) is 36.2. The van der Waals surface area contributed by atoms with E-state index in [1.165, 1.54) is 13.2 Å². The maximum atomic E-state index is 12.8. The van der Waals surface area contributed by atoms with Crippen molar-refractivity contribution >= 4 is 17.8 Å². The van der Waals surface area contributed by atoms with Gasteiger partial charge in [0.15, 0.2) is 0 Å². The number of nitrogens with one attached hydrogen (secondary N) is 3. The lowest BCUT2D eigenvalue weighted by Crippen LogP contribution is -2.48. The van der Waals surface area contributed by atoms with Crippen LogP contribution in [0.4, 0.5) is 13.2 Å². The maximum Gasteiger partial charge on any atom is 0.416 e. The molecule has 0 aliphatic carbocycles. The van der Waals surface area contributed by atoms with Gasteiger partial charge in [-0.2, -0.15) is 13.2 Å². The molecule has 3 N–H and O–H groups in total. The SMILES string of the molecule is COC(=O)[C@@H](CNC(=O)CNC(=O)c1cccc(C(F)(F)F)c1)NCc1ccc(C)cc1C. The van der Waals surface area contributed by atoms with E-state index in [1.807, 2.05) is 32.0 Å². The average molecular weight is 465 g/mol. The van der Waals surface area contributed by atoms with Crippen LogP contribution in [-0.4, -0.2) is 44.0 Å². The molecule has 10 heteroatoms. The van der Waals surface area contributed by atoms with Crippen LogP contribution >= 0.6 is 0 Å². The first-order chi connectivity index (χ1) is 15.5. The molecule has 0 spiro atoms. The first-order valence-corrected chi connectivity index (χ1v) is 10.1. The summed E-state index contributed by atoms with van der Waals surface area (Å²) in [5.74, 6) is -2.01. The summed E-state index contributed by atoms with van der Waals surface area (Å²) in [6.45, 7) is 3.72. The van der Waals surface area contributed by atoms with Crippen molar-refractivity contribution < 1.29 is 32.3 Å². The van der Waals surface area contributed by atoms with Crippen LogP contribution in [0.1, 0.15) is 32.6 Å². The fourth-order valence-electron chi connectivity index (χ4n) is 3.04. The van der Waals surface area contributed by atoms with Crippen LogP contribution in [-0.2, 0) is 27.0 Å². The fraction of sp³-hybridized carbons (Fsp3) is 0.348. The second-order valence-corrected chi connectivity index (χ2v) is 7.45. The van der Waals surface area contributed by atoms with E-state index in [0.29, 0.717) is 12.6 Å². The van der Waals surface area contributed by atoms with Gasteiger partial charge in [0.05, 0.1) is 19.2 Å². The number of esters is 1. The van der Waals surface area contributed by atoms with Crippen molar-refractivity contribution in [2.75, 3.05) is 20.2 Å². The van der Waals surface area contributed by atoms with Crippen LogP contribution in [0.2, 0.25) is 0 Å². The van der Waals surface area contributed by atoms with Gasteiger partial charge >= 0.3 is 12.1 Å². The maximum absolute atomic E-state index is 12.8. The molecule has 0 aliphatic rings. The van der Waals surface area contributed by atoms with Gasteiger partial charge in [-0.25, -0.2) is 0 Å². The number of benzene rings is 2. The Kier molecular flexibility index (Phi) is 8.98. The predicted molar refractivity (Wildman–Crippen MR) is 115 cm³/mol. The summed E-state index contributed by atoms with van der Waals surface area (Å²) in [7, 11) is 1.23. The van der Waals surface area contributed by atoms with Crippen molar-refractivity contribution in [1.82, 2.24) is 16.0 Å². The highest BCUT2D eigenvalue weighted by atomic mass is 19.4. The molecule has 2 rings (SSSR count). The highest BCUT2D eigenvalue weighted by Crippen LogP contribution is 2.29. The molecular weight excluding hydrogens is 439 g/mol. The number of rotatable bonds is 9. The molecular formula is C23H26F3N3O4. The minimum Gasteiger partial charge on any atom is -0.468 e. The quantitative estimate of drug-likeness (QED) is 0.495. The first-order valence-electron chi connectivity index (χ1n) is 10.1. The molecule has 0 saturated carbocycles. The van der Waals surface area contributed by atoms with Gasteiger partial charge in [0.25, 0.3) is 5.91 Å². The third-order valence-electron chi connectivity index (χ3n) is 4.89. The number of halogens is 3. The molecule has 0 heterocycles. The summed E-state index contributed by atoms with van der Waals surface area (Å²) in [5.41, 5.74) is 1.96. The van der Waals surface area contributed by atoms with Crippen molar-refractivity contribution in [1.29, 1.82) is 0 Å². The van der Waals surface area contributed by atoms with Crippen LogP contribution in [0.25, 0.3) is 0 Å². The topological polar surface area (TPSA) is 96.5 Å². The summed E-state index contributed by atoms with van der Waals surface area (Å²) in [5, 5.41) is 7.79. The number of methoxy groups -OCH3 is 1. The monoisotopic (exact) mass is 465 g/mol. The Labute approximate surface area is 189 Å². The van der Waals surface area contributed by atoms with Crippen LogP contribution in [0, 0.1) is 13.8 Å².